The van der Waals surface area contributed by atoms with Crippen LogP contribution in [-0.2, 0) is 16.0 Å². The number of aromatic nitrogens is 2. The molecule has 1 atom stereocenters. The predicted molar refractivity (Wildman–Crippen MR) is 184 cm³/mol. The molecule has 1 saturated heterocycles. The summed E-state index contributed by atoms with van der Waals surface area (Å²) in [5.41, 5.74) is 3.53. The van der Waals surface area contributed by atoms with Crippen LogP contribution in [0.1, 0.15) is 70.4 Å². The molecule has 254 valence electrons. The zero-order valence-electron chi connectivity index (χ0n) is 28.4. The van der Waals surface area contributed by atoms with Crippen LogP contribution in [0.3, 0.4) is 0 Å². The van der Waals surface area contributed by atoms with Gasteiger partial charge in [-0.05, 0) is 93.5 Å². The van der Waals surface area contributed by atoms with E-state index in [-0.39, 0.29) is 11.2 Å². The molecule has 8 nitrogen and oxygen atoms in total. The molecule has 3 heterocycles. The number of rotatable bonds is 11. The van der Waals surface area contributed by atoms with E-state index in [1.165, 1.54) is 24.3 Å². The average Bonchev–Trinajstić information content (AvgIpc) is 3.02. The molecule has 1 aliphatic rings. The van der Waals surface area contributed by atoms with Crippen LogP contribution in [-0.4, -0.2) is 46.3 Å². The summed E-state index contributed by atoms with van der Waals surface area (Å²) in [5, 5.41) is 13.8. The number of hydrogen-bond donors (Lipinski definition) is 2. The number of piperidine rings is 1. The molecule has 0 amide bonds. The minimum absolute atomic E-state index is 0.138. The lowest BCUT2D eigenvalue weighted by molar-refractivity contribution is -0.160. The number of hydrogen-bond acceptors (Lipinski definition) is 7. The van der Waals surface area contributed by atoms with Crippen molar-refractivity contribution < 1.29 is 28.2 Å². The number of aliphatic carboxylic acids is 1. The first kappa shape index (κ1) is 34.8. The number of nitrogens with zero attached hydrogens (tertiary/aromatic N) is 3. The summed E-state index contributed by atoms with van der Waals surface area (Å²) < 4.78 is 39.3. The maximum absolute atomic E-state index is 13.8. The van der Waals surface area contributed by atoms with Crippen LogP contribution in [0.15, 0.2) is 66.9 Å². The third-order valence-electron chi connectivity index (χ3n) is 8.48. The quantitative estimate of drug-likeness (QED) is 0.165. The highest BCUT2D eigenvalue weighted by atomic mass is 19.1. The molecule has 0 radical (unpaired) electrons. The van der Waals surface area contributed by atoms with Crippen molar-refractivity contribution in [3.05, 3.63) is 95.3 Å². The van der Waals surface area contributed by atoms with Crippen molar-refractivity contribution in [2.75, 3.05) is 29.9 Å². The molecule has 0 unspecified atom stereocenters. The molecule has 0 aliphatic carbocycles. The number of nitrogens with one attached hydrogen (secondary N) is 1. The second kappa shape index (κ2) is 14.3. The molecule has 4 aromatic rings. The molecule has 0 bridgehead atoms. The van der Waals surface area contributed by atoms with Crippen LogP contribution in [0.4, 0.5) is 26.1 Å². The van der Waals surface area contributed by atoms with Crippen LogP contribution in [0.2, 0.25) is 0 Å². The molecule has 1 aliphatic heterocycles. The van der Waals surface area contributed by atoms with E-state index in [9.17, 15) is 18.7 Å². The van der Waals surface area contributed by atoms with E-state index >= 15 is 0 Å². The second-order valence-corrected chi connectivity index (χ2v) is 14.0. The number of carboxylic acid groups (broad SMARTS) is 1. The molecule has 0 spiro atoms. The van der Waals surface area contributed by atoms with Crippen molar-refractivity contribution in [1.29, 1.82) is 0 Å². The van der Waals surface area contributed by atoms with Gasteiger partial charge >= 0.3 is 5.97 Å². The second-order valence-electron chi connectivity index (χ2n) is 14.0. The van der Waals surface area contributed by atoms with Gasteiger partial charge in [0.1, 0.15) is 29.0 Å². The first-order valence-electron chi connectivity index (χ1n) is 16.3. The topological polar surface area (TPSA) is 96.8 Å². The van der Waals surface area contributed by atoms with E-state index in [4.69, 9.17) is 14.5 Å². The highest BCUT2D eigenvalue weighted by Gasteiger charge is 2.37. The van der Waals surface area contributed by atoms with Gasteiger partial charge < -0.3 is 24.8 Å². The molecule has 0 saturated carbocycles. The van der Waals surface area contributed by atoms with Crippen molar-refractivity contribution in [2.45, 2.75) is 72.5 Å². The highest BCUT2D eigenvalue weighted by Crippen LogP contribution is 2.47. The smallest absolute Gasteiger partial charge is 0.337 e. The summed E-state index contributed by atoms with van der Waals surface area (Å²) in [5.74, 6) is -0.345. The molecule has 5 rings (SSSR count). The molecule has 1 fully saturated rings. The molecule has 2 N–H and O–H groups in total. The van der Waals surface area contributed by atoms with Crippen molar-refractivity contribution in [2.24, 2.45) is 5.41 Å². The lowest BCUT2D eigenvalue weighted by Gasteiger charge is -2.41. The minimum atomic E-state index is -1.28. The van der Waals surface area contributed by atoms with E-state index < -0.39 is 23.5 Å². The number of halogens is 2. The van der Waals surface area contributed by atoms with Gasteiger partial charge in [0.05, 0.1) is 24.1 Å². The zero-order chi connectivity index (χ0) is 34.6. The molecule has 10 heteroatoms. The zero-order valence-corrected chi connectivity index (χ0v) is 28.4. The third kappa shape index (κ3) is 8.66. The summed E-state index contributed by atoms with van der Waals surface area (Å²) >= 11 is 0. The Morgan fingerprint density at radius 2 is 1.65 bits per heavy atom. The van der Waals surface area contributed by atoms with E-state index in [2.05, 4.69) is 29.0 Å². The maximum Gasteiger partial charge on any atom is 0.337 e. The van der Waals surface area contributed by atoms with Crippen LogP contribution >= 0.6 is 0 Å². The fraction of sp³-hybridized carbons (Fsp3) is 0.395. The molecule has 48 heavy (non-hydrogen) atoms. The van der Waals surface area contributed by atoms with Crippen molar-refractivity contribution in [1.82, 2.24) is 9.97 Å². The molecule has 2 aromatic carbocycles. The van der Waals surface area contributed by atoms with E-state index in [1.54, 1.807) is 19.1 Å². The average molecular weight is 659 g/mol. The van der Waals surface area contributed by atoms with E-state index in [1.807, 2.05) is 45.0 Å². The van der Waals surface area contributed by atoms with Gasteiger partial charge in [-0.1, -0.05) is 38.1 Å². The lowest BCUT2D eigenvalue weighted by Crippen LogP contribution is -2.39. The maximum atomic E-state index is 13.8. The molecular weight excluding hydrogens is 614 g/mol. The summed E-state index contributed by atoms with van der Waals surface area (Å²) in [7, 11) is 0. The Kier molecular flexibility index (Phi) is 10.3. The van der Waals surface area contributed by atoms with Gasteiger partial charge in [-0.2, -0.15) is 0 Å². The Hall–Kier alpha value is -4.57. The Bertz CT molecular complexity index is 1710. The number of anilines is 3. The van der Waals surface area contributed by atoms with Crippen LogP contribution in [0.25, 0.3) is 11.1 Å². The van der Waals surface area contributed by atoms with Crippen molar-refractivity contribution >= 4 is 23.3 Å². The van der Waals surface area contributed by atoms with E-state index in [0.29, 0.717) is 60.3 Å². The van der Waals surface area contributed by atoms with Crippen molar-refractivity contribution in [3.63, 3.8) is 0 Å². The third-order valence-corrected chi connectivity index (χ3v) is 8.48. The normalized spacial score (nSPS) is 15.2. The number of pyridine rings is 2. The molecular formula is C38H44F2N4O4. The van der Waals surface area contributed by atoms with Gasteiger partial charge in [-0.15, -0.1) is 0 Å². The number of benzene rings is 2. The first-order valence-corrected chi connectivity index (χ1v) is 16.3. The summed E-state index contributed by atoms with van der Waals surface area (Å²) in [6.07, 6.45) is 2.29. The van der Waals surface area contributed by atoms with Gasteiger partial charge in [0.25, 0.3) is 0 Å². The van der Waals surface area contributed by atoms with Gasteiger partial charge in [-0.3, -0.25) is 0 Å². The summed E-state index contributed by atoms with van der Waals surface area (Å²) in [4.78, 5) is 24.3. The Labute approximate surface area is 281 Å². The van der Waals surface area contributed by atoms with Crippen molar-refractivity contribution in [3.8, 4) is 16.9 Å². The monoisotopic (exact) mass is 658 g/mol. The van der Waals surface area contributed by atoms with Gasteiger partial charge in [0.15, 0.2) is 6.10 Å². The first-order chi connectivity index (χ1) is 22.7. The Morgan fingerprint density at radius 1 is 1.00 bits per heavy atom. The fourth-order valence-electron chi connectivity index (χ4n) is 5.86. The summed E-state index contributed by atoms with van der Waals surface area (Å²) in [6.45, 7) is 13.6. The van der Waals surface area contributed by atoms with Gasteiger partial charge in [-0.25, -0.2) is 23.5 Å². The van der Waals surface area contributed by atoms with Crippen LogP contribution in [0.5, 0.6) is 5.75 Å². The Balaban J connectivity index is 1.62. The fourth-order valence-corrected chi connectivity index (χ4v) is 5.86. The standard InChI is InChI=1S/C38H44F2N4O4/c1-24-31(34(36(45)46)48-37(2,3)4)33(44-20-18-38(5,6)19-21-44)32(35(42-24)43-30-16-13-28(40)23-41-30)26-9-14-29(15-10-26)47-22-17-25-7-11-27(39)12-8-25/h7-16,23,34H,17-22H2,1-6H3,(H,45,46)(H,41,42,43)/t34-/m0/s1. The number of ether oxygens (including phenoxy) is 2. The highest BCUT2D eigenvalue weighted by molar-refractivity contribution is 5.93. The van der Waals surface area contributed by atoms with Gasteiger partial charge in [0, 0.05) is 36.3 Å². The largest absolute Gasteiger partial charge is 0.493 e. The summed E-state index contributed by atoms with van der Waals surface area (Å²) in [6, 6.07) is 16.8. The Morgan fingerprint density at radius 3 is 2.23 bits per heavy atom. The number of aryl methyl sites for hydroxylation is 1. The minimum Gasteiger partial charge on any atom is -0.493 e. The predicted octanol–water partition coefficient (Wildman–Crippen LogP) is 8.66. The van der Waals surface area contributed by atoms with Gasteiger partial charge in [0.2, 0.25) is 0 Å². The number of carboxylic acids is 1. The van der Waals surface area contributed by atoms with Crippen LogP contribution in [0, 0.1) is 24.0 Å². The molecule has 2 aromatic heterocycles. The SMILES string of the molecule is Cc1nc(Nc2ccc(F)cn2)c(-c2ccc(OCCc3ccc(F)cc3)cc2)c(N2CCC(C)(C)CC2)c1[C@H](OC(C)(C)C)C(=O)O. The van der Waals surface area contributed by atoms with Crippen LogP contribution < -0.4 is 15.0 Å². The lowest BCUT2D eigenvalue weighted by atomic mass is 9.82. The van der Waals surface area contributed by atoms with E-state index in [0.717, 1.165) is 35.9 Å². The number of carbonyl (C=O) groups is 1.